The molecule has 4 nitrogen and oxygen atoms in total. The number of rotatable bonds is 5. The van der Waals surface area contributed by atoms with Crippen molar-refractivity contribution >= 4 is 11.6 Å². The summed E-state index contributed by atoms with van der Waals surface area (Å²) in [6.07, 6.45) is -0.234. The summed E-state index contributed by atoms with van der Waals surface area (Å²) in [5.74, 6) is 0.450. The molecule has 2 aromatic rings. The van der Waals surface area contributed by atoms with Crippen LogP contribution >= 0.6 is 0 Å². The first-order valence-electron chi connectivity index (χ1n) is 7.08. The molecule has 0 heterocycles. The number of anilines is 1. The van der Waals surface area contributed by atoms with Gasteiger partial charge in [0.1, 0.15) is 5.75 Å². The first-order valence-corrected chi connectivity index (χ1v) is 7.08. The third kappa shape index (κ3) is 4.35. The Morgan fingerprint density at radius 1 is 1.18 bits per heavy atom. The van der Waals surface area contributed by atoms with Crippen molar-refractivity contribution in [3.8, 4) is 11.8 Å². The first kappa shape index (κ1) is 15.6. The second-order valence-corrected chi connectivity index (χ2v) is 5.09. The van der Waals surface area contributed by atoms with Crippen LogP contribution < -0.4 is 10.1 Å². The molecule has 22 heavy (non-hydrogen) atoms. The van der Waals surface area contributed by atoms with Crippen LogP contribution in [0.1, 0.15) is 18.1 Å². The third-order valence-electron chi connectivity index (χ3n) is 3.21. The van der Waals surface area contributed by atoms with Crippen molar-refractivity contribution in [1.29, 1.82) is 5.26 Å². The summed E-state index contributed by atoms with van der Waals surface area (Å²) >= 11 is 0. The quantitative estimate of drug-likeness (QED) is 0.918. The van der Waals surface area contributed by atoms with Gasteiger partial charge >= 0.3 is 0 Å². The van der Waals surface area contributed by atoms with Gasteiger partial charge in [0.2, 0.25) is 0 Å². The number of amides is 1. The number of nitrogens with one attached hydrogen (secondary N) is 1. The fraction of sp³-hybridized carbons (Fsp3) is 0.222. The molecule has 0 aromatic heterocycles. The molecule has 2 aromatic carbocycles. The maximum absolute atomic E-state index is 12.1. The van der Waals surface area contributed by atoms with Crippen LogP contribution in [0.4, 0.5) is 5.69 Å². The minimum atomic E-state index is -0.596. The van der Waals surface area contributed by atoms with E-state index >= 15 is 0 Å². The molecule has 1 amide bonds. The number of ether oxygens (including phenoxy) is 1. The van der Waals surface area contributed by atoms with Crippen LogP contribution in [0.25, 0.3) is 0 Å². The fourth-order valence-corrected chi connectivity index (χ4v) is 1.92. The van der Waals surface area contributed by atoms with Crippen molar-refractivity contribution in [3.63, 3.8) is 0 Å². The number of carbonyl (C=O) groups is 1. The fourth-order valence-electron chi connectivity index (χ4n) is 1.92. The van der Waals surface area contributed by atoms with E-state index in [1.54, 1.807) is 19.1 Å². The van der Waals surface area contributed by atoms with Gasteiger partial charge in [-0.15, -0.1) is 0 Å². The summed E-state index contributed by atoms with van der Waals surface area (Å²) in [4.78, 5) is 12.1. The summed E-state index contributed by atoms with van der Waals surface area (Å²) in [7, 11) is 0. The van der Waals surface area contributed by atoms with Crippen LogP contribution in [0.2, 0.25) is 0 Å². The van der Waals surface area contributed by atoms with E-state index in [1.165, 1.54) is 0 Å². The average molecular weight is 294 g/mol. The second kappa shape index (κ2) is 7.28. The van der Waals surface area contributed by atoms with Crippen molar-refractivity contribution in [1.82, 2.24) is 0 Å². The van der Waals surface area contributed by atoms with Crippen molar-refractivity contribution in [2.45, 2.75) is 26.4 Å². The van der Waals surface area contributed by atoms with Gasteiger partial charge in [0.15, 0.2) is 6.10 Å². The van der Waals surface area contributed by atoms with E-state index in [0.717, 1.165) is 11.1 Å². The Morgan fingerprint density at radius 2 is 1.82 bits per heavy atom. The molecule has 0 aliphatic carbocycles. The number of carbonyl (C=O) groups excluding carboxylic acids is 1. The first-order chi connectivity index (χ1) is 10.6. The Hall–Kier alpha value is -2.80. The van der Waals surface area contributed by atoms with Crippen molar-refractivity contribution in [2.75, 3.05) is 5.32 Å². The van der Waals surface area contributed by atoms with Crippen molar-refractivity contribution in [2.24, 2.45) is 0 Å². The van der Waals surface area contributed by atoms with Crippen molar-refractivity contribution < 1.29 is 9.53 Å². The summed E-state index contributed by atoms with van der Waals surface area (Å²) < 4.78 is 5.61. The Bertz CT molecular complexity index is 670. The smallest absolute Gasteiger partial charge is 0.265 e. The molecule has 4 heteroatoms. The molecular weight excluding hydrogens is 276 g/mol. The van der Waals surface area contributed by atoms with E-state index in [4.69, 9.17) is 10.00 Å². The molecule has 0 aliphatic heterocycles. The SMILES string of the molecule is Cc1ccc(O[C@H](C)C(=O)Nc2ccc(CC#N)cc2)cc1. The molecule has 2 rings (SSSR count). The largest absolute Gasteiger partial charge is 0.481 e. The number of nitrogens with zero attached hydrogens (tertiary/aromatic N) is 1. The Labute approximate surface area is 130 Å². The molecule has 0 saturated carbocycles. The van der Waals surface area contributed by atoms with Gasteiger partial charge in [-0.05, 0) is 43.7 Å². The van der Waals surface area contributed by atoms with Crippen LogP contribution in [0.5, 0.6) is 5.75 Å². The van der Waals surface area contributed by atoms with E-state index < -0.39 is 6.10 Å². The zero-order valence-corrected chi connectivity index (χ0v) is 12.7. The molecule has 0 fully saturated rings. The van der Waals surface area contributed by atoms with E-state index in [9.17, 15) is 4.79 Å². The summed E-state index contributed by atoms with van der Waals surface area (Å²) in [6, 6.07) is 16.9. The lowest BCUT2D eigenvalue weighted by Crippen LogP contribution is -2.30. The zero-order chi connectivity index (χ0) is 15.9. The zero-order valence-electron chi connectivity index (χ0n) is 12.7. The molecule has 0 spiro atoms. The predicted octanol–water partition coefficient (Wildman–Crippen LogP) is 3.47. The van der Waals surface area contributed by atoms with E-state index in [1.807, 2.05) is 43.3 Å². The molecule has 0 bridgehead atoms. The number of benzene rings is 2. The van der Waals surface area contributed by atoms with E-state index in [-0.39, 0.29) is 5.91 Å². The number of hydrogen-bond acceptors (Lipinski definition) is 3. The summed E-state index contributed by atoms with van der Waals surface area (Å²) in [5, 5.41) is 11.4. The molecule has 1 atom stereocenters. The Morgan fingerprint density at radius 3 is 2.41 bits per heavy atom. The highest BCUT2D eigenvalue weighted by molar-refractivity contribution is 5.94. The highest BCUT2D eigenvalue weighted by Gasteiger charge is 2.14. The average Bonchev–Trinajstić information content (AvgIpc) is 2.51. The minimum absolute atomic E-state index is 0.214. The number of hydrogen-bond donors (Lipinski definition) is 1. The molecule has 0 saturated heterocycles. The lowest BCUT2D eigenvalue weighted by molar-refractivity contribution is -0.122. The Kier molecular flexibility index (Phi) is 5.16. The van der Waals surface area contributed by atoms with Crippen LogP contribution in [0.15, 0.2) is 48.5 Å². The third-order valence-corrected chi connectivity index (χ3v) is 3.21. The molecule has 1 N–H and O–H groups in total. The van der Waals surface area contributed by atoms with Gasteiger partial charge in [0, 0.05) is 5.69 Å². The minimum Gasteiger partial charge on any atom is -0.481 e. The van der Waals surface area contributed by atoms with Gasteiger partial charge in [-0.25, -0.2) is 0 Å². The lowest BCUT2D eigenvalue weighted by atomic mass is 10.1. The van der Waals surface area contributed by atoms with E-state index in [0.29, 0.717) is 17.9 Å². The Balaban J connectivity index is 1.93. The summed E-state index contributed by atoms with van der Waals surface area (Å²) in [5.41, 5.74) is 2.75. The maximum Gasteiger partial charge on any atom is 0.265 e. The standard InChI is InChI=1S/C18H18N2O2/c1-13-3-9-17(10-4-13)22-14(2)18(21)20-16-7-5-15(6-8-16)11-12-19/h3-10,14H,11H2,1-2H3,(H,20,21)/t14-/m1/s1. The molecule has 0 unspecified atom stereocenters. The van der Waals surface area contributed by atoms with Gasteiger partial charge in [-0.3, -0.25) is 4.79 Å². The van der Waals surface area contributed by atoms with Gasteiger partial charge in [0.25, 0.3) is 5.91 Å². The summed E-state index contributed by atoms with van der Waals surface area (Å²) in [6.45, 7) is 3.70. The topological polar surface area (TPSA) is 62.1 Å². The monoisotopic (exact) mass is 294 g/mol. The predicted molar refractivity (Wildman–Crippen MR) is 85.7 cm³/mol. The normalized spacial score (nSPS) is 11.3. The number of nitriles is 1. The lowest BCUT2D eigenvalue weighted by Gasteiger charge is -2.15. The maximum atomic E-state index is 12.1. The van der Waals surface area contributed by atoms with Gasteiger partial charge in [-0.2, -0.15) is 5.26 Å². The molecule has 0 aliphatic rings. The second-order valence-electron chi connectivity index (χ2n) is 5.09. The number of aryl methyl sites for hydroxylation is 1. The van der Waals surface area contributed by atoms with Gasteiger partial charge < -0.3 is 10.1 Å². The molecule has 0 radical (unpaired) electrons. The van der Waals surface area contributed by atoms with Crippen LogP contribution in [0.3, 0.4) is 0 Å². The van der Waals surface area contributed by atoms with E-state index in [2.05, 4.69) is 11.4 Å². The highest BCUT2D eigenvalue weighted by Crippen LogP contribution is 2.15. The molecule has 112 valence electrons. The van der Waals surface area contributed by atoms with Gasteiger partial charge in [-0.1, -0.05) is 29.8 Å². The van der Waals surface area contributed by atoms with Crippen molar-refractivity contribution in [3.05, 3.63) is 59.7 Å². The molecular formula is C18H18N2O2. The van der Waals surface area contributed by atoms with Crippen LogP contribution in [0, 0.1) is 18.3 Å². The van der Waals surface area contributed by atoms with Crippen LogP contribution in [-0.4, -0.2) is 12.0 Å². The highest BCUT2D eigenvalue weighted by atomic mass is 16.5. The van der Waals surface area contributed by atoms with Gasteiger partial charge in [0.05, 0.1) is 12.5 Å². The van der Waals surface area contributed by atoms with Crippen LogP contribution in [-0.2, 0) is 11.2 Å².